The number of rotatable bonds is 11. The summed E-state index contributed by atoms with van der Waals surface area (Å²) >= 11 is 0. The molecule has 2 saturated heterocycles. The largest absolute Gasteiger partial charge is 0.504 e. The van der Waals surface area contributed by atoms with E-state index in [4.69, 9.17) is 33.2 Å². The third kappa shape index (κ3) is 5.48. The van der Waals surface area contributed by atoms with Crippen LogP contribution in [0.25, 0.3) is 0 Å². The maximum Gasteiger partial charge on any atom is 0.204 e. The van der Waals surface area contributed by atoms with E-state index in [2.05, 4.69) is 0 Å². The number of fused-ring (bicyclic) bond motifs is 1. The normalized spacial score (nSPS) is 22.7. The lowest BCUT2D eigenvalue weighted by atomic mass is 9.84. The molecule has 2 aliphatic heterocycles. The zero-order valence-electron chi connectivity index (χ0n) is 23.9. The Labute approximate surface area is 243 Å². The molecule has 2 aliphatic rings. The van der Waals surface area contributed by atoms with Gasteiger partial charge in [0.05, 0.1) is 60.5 Å². The average Bonchev–Trinajstić information content (AvgIpc) is 3.62. The van der Waals surface area contributed by atoms with Crippen molar-refractivity contribution in [3.63, 3.8) is 0 Å². The van der Waals surface area contributed by atoms with Gasteiger partial charge in [-0.25, -0.2) is 0 Å². The molecular formula is C31H36O11. The first kappa shape index (κ1) is 29.6. The van der Waals surface area contributed by atoms with Crippen LogP contribution in [0.15, 0.2) is 48.5 Å². The van der Waals surface area contributed by atoms with E-state index < -0.39 is 18.8 Å². The fraction of sp³-hybridized carbons (Fsp3) is 0.419. The fourth-order valence-corrected chi connectivity index (χ4v) is 5.73. The molecule has 0 saturated carbocycles. The van der Waals surface area contributed by atoms with Gasteiger partial charge in [-0.3, -0.25) is 0 Å². The van der Waals surface area contributed by atoms with Crippen molar-refractivity contribution < 1.29 is 53.6 Å². The van der Waals surface area contributed by atoms with Crippen molar-refractivity contribution in [2.24, 2.45) is 11.8 Å². The van der Waals surface area contributed by atoms with Crippen molar-refractivity contribution >= 4 is 0 Å². The molecule has 42 heavy (non-hydrogen) atoms. The summed E-state index contributed by atoms with van der Waals surface area (Å²) in [4.78, 5) is 0. The van der Waals surface area contributed by atoms with Crippen molar-refractivity contribution in [1.29, 1.82) is 0 Å². The van der Waals surface area contributed by atoms with Gasteiger partial charge in [-0.2, -0.15) is 0 Å². The predicted molar refractivity (Wildman–Crippen MR) is 150 cm³/mol. The molecule has 11 heteroatoms. The van der Waals surface area contributed by atoms with Crippen LogP contribution >= 0.6 is 0 Å². The van der Waals surface area contributed by atoms with Gasteiger partial charge >= 0.3 is 0 Å². The summed E-state index contributed by atoms with van der Waals surface area (Å²) in [5.74, 6) is 1.56. The van der Waals surface area contributed by atoms with Gasteiger partial charge in [0.25, 0.3) is 0 Å². The van der Waals surface area contributed by atoms with Crippen molar-refractivity contribution in [2.45, 2.75) is 24.4 Å². The molecule has 0 spiro atoms. The quantitative estimate of drug-likeness (QED) is 0.262. The van der Waals surface area contributed by atoms with E-state index in [9.17, 15) is 20.4 Å². The lowest BCUT2D eigenvalue weighted by Crippen LogP contribution is -2.29. The number of aliphatic hydroxyl groups excluding tert-OH is 2. The number of hydrogen-bond donors (Lipinski definition) is 4. The number of aliphatic hydroxyl groups is 2. The second-order valence-electron chi connectivity index (χ2n) is 10.2. The van der Waals surface area contributed by atoms with Crippen LogP contribution in [0.4, 0.5) is 0 Å². The van der Waals surface area contributed by atoms with Gasteiger partial charge in [0, 0.05) is 11.8 Å². The van der Waals surface area contributed by atoms with Gasteiger partial charge in [0.2, 0.25) is 5.75 Å². The van der Waals surface area contributed by atoms with Crippen LogP contribution in [0.1, 0.15) is 35.0 Å². The van der Waals surface area contributed by atoms with E-state index in [1.807, 2.05) is 6.07 Å². The molecule has 5 rings (SSSR count). The number of ether oxygens (including phenoxy) is 7. The molecule has 0 aliphatic carbocycles. The minimum atomic E-state index is -1.26. The smallest absolute Gasteiger partial charge is 0.204 e. The Morgan fingerprint density at radius 1 is 0.714 bits per heavy atom. The zero-order chi connectivity index (χ0) is 30.0. The number of methoxy groups -OCH3 is 4. The predicted octanol–water partition coefficient (Wildman–Crippen LogP) is 3.68. The monoisotopic (exact) mass is 584 g/mol. The van der Waals surface area contributed by atoms with E-state index >= 15 is 0 Å². The highest BCUT2D eigenvalue weighted by Gasteiger charge is 2.48. The minimum absolute atomic E-state index is 0.0486. The maximum atomic E-state index is 11.0. The van der Waals surface area contributed by atoms with E-state index in [-0.39, 0.29) is 47.0 Å². The number of phenolic OH excluding ortho intramolecular Hbond substituents is 2. The Morgan fingerprint density at radius 2 is 1.21 bits per heavy atom. The Morgan fingerprint density at radius 3 is 1.76 bits per heavy atom. The highest BCUT2D eigenvalue weighted by atomic mass is 16.6. The number of benzene rings is 3. The van der Waals surface area contributed by atoms with E-state index in [1.165, 1.54) is 46.6 Å². The van der Waals surface area contributed by atoms with E-state index in [0.29, 0.717) is 36.0 Å². The van der Waals surface area contributed by atoms with E-state index in [1.54, 1.807) is 24.3 Å². The van der Waals surface area contributed by atoms with Gasteiger partial charge in [0.15, 0.2) is 40.6 Å². The van der Waals surface area contributed by atoms with Crippen molar-refractivity contribution in [1.82, 2.24) is 0 Å². The first-order chi connectivity index (χ1) is 20.3. The van der Waals surface area contributed by atoms with Gasteiger partial charge < -0.3 is 53.6 Å². The van der Waals surface area contributed by atoms with E-state index in [0.717, 1.165) is 11.1 Å². The molecule has 0 unspecified atom stereocenters. The average molecular weight is 585 g/mol. The second kappa shape index (κ2) is 12.5. The topological polar surface area (TPSA) is 146 Å². The molecular weight excluding hydrogens is 548 g/mol. The zero-order valence-corrected chi connectivity index (χ0v) is 23.9. The van der Waals surface area contributed by atoms with Crippen LogP contribution in [-0.2, 0) is 9.47 Å². The lowest BCUT2D eigenvalue weighted by Gasteiger charge is -2.26. The van der Waals surface area contributed by atoms with Gasteiger partial charge in [-0.15, -0.1) is 0 Å². The summed E-state index contributed by atoms with van der Waals surface area (Å²) in [6, 6.07) is 13.2. The number of phenols is 2. The standard InChI is InChI=1S/C31H36O11/c1-36-23-9-16(5-7-21(23)33)28(35)27(13-32)42-31-25(38-3)11-18(12-26(31)39-4)30-20-15-40-29(19(20)14-41-30)17-6-8-22(34)24(10-17)37-2/h5-12,19-20,27-30,32-35H,13-15H2,1-4H3/t19-,20-,27-,28+,29+,30+/m0/s1. The molecule has 226 valence electrons. The lowest BCUT2D eigenvalue weighted by molar-refractivity contribution is -0.00197. The highest BCUT2D eigenvalue weighted by Crippen LogP contribution is 2.53. The second-order valence-corrected chi connectivity index (χ2v) is 10.2. The number of aromatic hydroxyl groups is 2. The highest BCUT2D eigenvalue weighted by molar-refractivity contribution is 5.55. The summed E-state index contributed by atoms with van der Waals surface area (Å²) in [5.41, 5.74) is 2.09. The molecule has 2 fully saturated rings. The van der Waals surface area contributed by atoms with Crippen molar-refractivity contribution in [2.75, 3.05) is 48.3 Å². The molecule has 4 N–H and O–H groups in total. The van der Waals surface area contributed by atoms with Crippen molar-refractivity contribution in [3.05, 3.63) is 65.2 Å². The van der Waals surface area contributed by atoms with Gasteiger partial charge in [0.1, 0.15) is 6.10 Å². The molecule has 3 aromatic rings. The van der Waals surface area contributed by atoms with Crippen LogP contribution in [0.5, 0.6) is 40.2 Å². The Hall–Kier alpha value is -3.90. The molecule has 0 bridgehead atoms. The summed E-state index contributed by atoms with van der Waals surface area (Å²) in [6.07, 6.45) is -2.87. The first-order valence-electron chi connectivity index (χ1n) is 13.5. The molecule has 0 amide bonds. The summed E-state index contributed by atoms with van der Waals surface area (Å²) < 4.78 is 40.3. The minimum Gasteiger partial charge on any atom is -0.504 e. The Balaban J connectivity index is 1.39. The van der Waals surface area contributed by atoms with Crippen LogP contribution < -0.4 is 23.7 Å². The molecule has 2 heterocycles. The summed E-state index contributed by atoms with van der Waals surface area (Å²) in [5, 5.41) is 41.0. The van der Waals surface area contributed by atoms with Crippen LogP contribution in [0, 0.1) is 11.8 Å². The Kier molecular flexibility index (Phi) is 8.83. The number of hydrogen-bond acceptors (Lipinski definition) is 11. The van der Waals surface area contributed by atoms with Crippen LogP contribution in [0.3, 0.4) is 0 Å². The molecule has 0 radical (unpaired) electrons. The molecule has 3 aromatic carbocycles. The summed E-state index contributed by atoms with van der Waals surface area (Å²) in [7, 11) is 5.90. The van der Waals surface area contributed by atoms with Crippen LogP contribution in [-0.4, -0.2) is 74.8 Å². The van der Waals surface area contributed by atoms with Crippen molar-refractivity contribution in [3.8, 4) is 40.2 Å². The third-order valence-corrected chi connectivity index (χ3v) is 7.95. The fourth-order valence-electron chi connectivity index (χ4n) is 5.73. The molecule has 0 aromatic heterocycles. The maximum absolute atomic E-state index is 11.0. The van der Waals surface area contributed by atoms with Crippen LogP contribution in [0.2, 0.25) is 0 Å². The SMILES string of the molecule is COc1cc([C@@H](O)[C@H](CO)Oc2c(OC)cc([C@H]3OC[C@H]4[C@@H]3CO[C@@H]4c3ccc(O)c(OC)c3)cc2OC)ccc1O. The summed E-state index contributed by atoms with van der Waals surface area (Å²) in [6.45, 7) is 0.427. The molecule has 11 nitrogen and oxygen atoms in total. The molecule has 6 atom stereocenters. The van der Waals surface area contributed by atoms with Gasteiger partial charge in [-0.05, 0) is 53.1 Å². The first-order valence-corrected chi connectivity index (χ1v) is 13.5. The third-order valence-electron chi connectivity index (χ3n) is 7.95. The van der Waals surface area contributed by atoms with Gasteiger partial charge in [-0.1, -0.05) is 12.1 Å². The Bertz CT molecular complexity index is 1370.